The summed E-state index contributed by atoms with van der Waals surface area (Å²) in [5.74, 6) is -1.20. The van der Waals surface area contributed by atoms with Crippen LogP contribution < -0.4 is 0 Å². The van der Waals surface area contributed by atoms with Gasteiger partial charge in [-0.2, -0.15) is 0 Å². The molecular formula is C8H6N2O3S. The van der Waals surface area contributed by atoms with E-state index in [9.17, 15) is 4.79 Å². The zero-order chi connectivity index (χ0) is 10.1. The largest absolute Gasteiger partial charge is 0.475 e. The second-order valence-corrected chi connectivity index (χ2v) is 3.30. The van der Waals surface area contributed by atoms with Gasteiger partial charge in [-0.1, -0.05) is 0 Å². The molecule has 2 aromatic heterocycles. The molecule has 0 aromatic carbocycles. The van der Waals surface area contributed by atoms with Crippen LogP contribution in [0.2, 0.25) is 0 Å². The van der Waals surface area contributed by atoms with Gasteiger partial charge in [0.1, 0.15) is 5.52 Å². The van der Waals surface area contributed by atoms with Crippen molar-refractivity contribution in [1.29, 1.82) is 0 Å². The summed E-state index contributed by atoms with van der Waals surface area (Å²) in [6.45, 7) is 0. The maximum absolute atomic E-state index is 10.8. The van der Waals surface area contributed by atoms with Crippen molar-refractivity contribution < 1.29 is 14.3 Å². The highest BCUT2D eigenvalue weighted by Crippen LogP contribution is 2.29. The van der Waals surface area contributed by atoms with Gasteiger partial charge in [0.05, 0.1) is 4.90 Å². The molecule has 0 aliphatic heterocycles. The van der Waals surface area contributed by atoms with Crippen LogP contribution in [-0.4, -0.2) is 27.3 Å². The number of carboxylic acids is 1. The Balaban J connectivity index is 2.78. The monoisotopic (exact) mass is 210 g/mol. The van der Waals surface area contributed by atoms with Gasteiger partial charge in [0, 0.05) is 12.4 Å². The average Bonchev–Trinajstić information content (AvgIpc) is 2.56. The van der Waals surface area contributed by atoms with Crippen molar-refractivity contribution in [1.82, 2.24) is 9.97 Å². The molecule has 1 N–H and O–H groups in total. The van der Waals surface area contributed by atoms with Gasteiger partial charge in [0.2, 0.25) is 11.5 Å². The van der Waals surface area contributed by atoms with Gasteiger partial charge < -0.3 is 9.52 Å². The first kappa shape index (κ1) is 9.01. The molecule has 2 rings (SSSR count). The van der Waals surface area contributed by atoms with Crippen LogP contribution in [-0.2, 0) is 0 Å². The number of nitrogens with zero attached hydrogens (tertiary/aromatic N) is 2. The first-order valence-electron chi connectivity index (χ1n) is 3.75. The molecule has 72 valence electrons. The molecule has 0 aliphatic rings. The fourth-order valence-electron chi connectivity index (χ4n) is 1.14. The van der Waals surface area contributed by atoms with Gasteiger partial charge >= 0.3 is 5.97 Å². The lowest BCUT2D eigenvalue weighted by molar-refractivity contribution is 0.0659. The average molecular weight is 210 g/mol. The van der Waals surface area contributed by atoms with Crippen molar-refractivity contribution in [2.75, 3.05) is 6.26 Å². The van der Waals surface area contributed by atoms with Crippen molar-refractivity contribution >= 4 is 29.0 Å². The fourth-order valence-corrected chi connectivity index (χ4v) is 1.78. The summed E-state index contributed by atoms with van der Waals surface area (Å²) in [4.78, 5) is 19.2. The summed E-state index contributed by atoms with van der Waals surface area (Å²) in [5, 5.41) is 8.84. The Morgan fingerprint density at radius 1 is 1.50 bits per heavy atom. The van der Waals surface area contributed by atoms with E-state index in [-0.39, 0.29) is 11.5 Å². The third kappa shape index (κ3) is 1.24. The van der Waals surface area contributed by atoms with Crippen LogP contribution in [0.4, 0.5) is 0 Å². The highest BCUT2D eigenvalue weighted by atomic mass is 32.2. The molecule has 2 aromatic rings. The van der Waals surface area contributed by atoms with Gasteiger partial charge in [0.15, 0.2) is 0 Å². The highest BCUT2D eigenvalue weighted by Gasteiger charge is 2.20. The van der Waals surface area contributed by atoms with E-state index in [1.54, 1.807) is 6.26 Å². The molecule has 14 heavy (non-hydrogen) atoms. The SMILES string of the molecule is CSc1c(C(=O)O)oc2nccnc12. The number of fused-ring (bicyclic) bond motifs is 1. The van der Waals surface area contributed by atoms with E-state index < -0.39 is 5.97 Å². The summed E-state index contributed by atoms with van der Waals surface area (Å²) in [6, 6.07) is 0. The molecule has 0 fully saturated rings. The Hall–Kier alpha value is -1.56. The van der Waals surface area contributed by atoms with Crippen molar-refractivity contribution in [3.63, 3.8) is 0 Å². The number of hydrogen-bond donors (Lipinski definition) is 1. The Morgan fingerprint density at radius 3 is 2.86 bits per heavy atom. The minimum Gasteiger partial charge on any atom is -0.475 e. The van der Waals surface area contributed by atoms with E-state index in [0.717, 1.165) is 0 Å². The van der Waals surface area contributed by atoms with Gasteiger partial charge in [-0.15, -0.1) is 11.8 Å². The fraction of sp³-hybridized carbons (Fsp3) is 0.125. The number of aromatic carboxylic acids is 1. The van der Waals surface area contributed by atoms with E-state index in [4.69, 9.17) is 9.52 Å². The zero-order valence-corrected chi connectivity index (χ0v) is 8.04. The summed E-state index contributed by atoms with van der Waals surface area (Å²) < 4.78 is 5.06. The molecule has 5 nitrogen and oxygen atoms in total. The minimum atomic E-state index is -1.10. The van der Waals surface area contributed by atoms with Crippen molar-refractivity contribution in [2.24, 2.45) is 0 Å². The van der Waals surface area contributed by atoms with Crippen LogP contribution in [0.5, 0.6) is 0 Å². The number of aromatic nitrogens is 2. The third-order valence-corrected chi connectivity index (χ3v) is 2.47. The summed E-state index contributed by atoms with van der Waals surface area (Å²) in [5.41, 5.74) is 0.756. The Labute approximate surface area is 83.2 Å². The van der Waals surface area contributed by atoms with Crippen LogP contribution >= 0.6 is 11.8 Å². The van der Waals surface area contributed by atoms with Crippen LogP contribution in [0.3, 0.4) is 0 Å². The van der Waals surface area contributed by atoms with Crippen LogP contribution in [0.15, 0.2) is 21.7 Å². The first-order chi connectivity index (χ1) is 6.74. The quantitative estimate of drug-likeness (QED) is 0.759. The second kappa shape index (κ2) is 3.30. The van der Waals surface area contributed by atoms with Crippen molar-refractivity contribution in [3.8, 4) is 0 Å². The molecule has 6 heteroatoms. The molecule has 0 saturated heterocycles. The van der Waals surface area contributed by atoms with Gasteiger partial charge in [-0.25, -0.2) is 14.8 Å². The van der Waals surface area contributed by atoms with Crippen LogP contribution in [0.25, 0.3) is 11.2 Å². The number of carboxylic acid groups (broad SMARTS) is 1. The minimum absolute atomic E-state index is 0.0984. The predicted molar refractivity (Wildman–Crippen MR) is 50.5 cm³/mol. The molecule has 0 atom stereocenters. The summed E-state index contributed by atoms with van der Waals surface area (Å²) in [7, 11) is 0. The number of rotatable bonds is 2. The third-order valence-electron chi connectivity index (χ3n) is 1.68. The van der Waals surface area contributed by atoms with Gasteiger partial charge in [-0.3, -0.25) is 0 Å². The molecule has 2 heterocycles. The molecule has 0 bridgehead atoms. The lowest BCUT2D eigenvalue weighted by Crippen LogP contribution is -1.94. The zero-order valence-electron chi connectivity index (χ0n) is 7.22. The van der Waals surface area contributed by atoms with Crippen molar-refractivity contribution in [2.45, 2.75) is 4.90 Å². The highest BCUT2D eigenvalue weighted by molar-refractivity contribution is 7.98. The standard InChI is InChI=1S/C8H6N2O3S/c1-14-6-4-7(10-3-2-9-4)13-5(6)8(11)12/h2-3H,1H3,(H,11,12). The second-order valence-electron chi connectivity index (χ2n) is 2.48. The smallest absolute Gasteiger partial charge is 0.373 e. The molecule has 0 unspecified atom stereocenters. The van der Waals surface area contributed by atoms with E-state index in [1.165, 1.54) is 24.2 Å². The molecular weight excluding hydrogens is 204 g/mol. The normalized spacial score (nSPS) is 10.6. The van der Waals surface area contributed by atoms with Crippen LogP contribution in [0, 0.1) is 0 Å². The topological polar surface area (TPSA) is 76.2 Å². The van der Waals surface area contributed by atoms with Crippen molar-refractivity contribution in [3.05, 3.63) is 18.2 Å². The lowest BCUT2D eigenvalue weighted by atomic mass is 10.4. The first-order valence-corrected chi connectivity index (χ1v) is 4.97. The van der Waals surface area contributed by atoms with Crippen LogP contribution in [0.1, 0.15) is 10.6 Å². The Bertz CT molecular complexity index is 494. The predicted octanol–water partition coefficient (Wildman–Crippen LogP) is 1.64. The van der Waals surface area contributed by atoms with Gasteiger partial charge in [0.25, 0.3) is 0 Å². The Morgan fingerprint density at radius 2 is 2.21 bits per heavy atom. The van der Waals surface area contributed by atoms with E-state index in [2.05, 4.69) is 9.97 Å². The maximum atomic E-state index is 10.8. The summed E-state index contributed by atoms with van der Waals surface area (Å²) in [6.07, 6.45) is 4.73. The van der Waals surface area contributed by atoms with E-state index >= 15 is 0 Å². The number of thioether (sulfide) groups is 1. The molecule has 0 radical (unpaired) electrons. The number of hydrogen-bond acceptors (Lipinski definition) is 5. The lowest BCUT2D eigenvalue weighted by Gasteiger charge is -1.90. The molecule has 0 saturated carbocycles. The van der Waals surface area contributed by atoms with E-state index in [0.29, 0.717) is 10.4 Å². The maximum Gasteiger partial charge on any atom is 0.373 e. The molecule has 0 amide bonds. The summed E-state index contributed by atoms with van der Waals surface area (Å²) >= 11 is 1.28. The molecule has 0 spiro atoms. The Kier molecular flexibility index (Phi) is 2.12. The number of carbonyl (C=O) groups is 1. The molecule has 0 aliphatic carbocycles. The van der Waals surface area contributed by atoms with Gasteiger partial charge in [-0.05, 0) is 6.26 Å². The van der Waals surface area contributed by atoms with E-state index in [1.807, 2.05) is 0 Å². The number of furan rings is 1.